The summed E-state index contributed by atoms with van der Waals surface area (Å²) in [6.07, 6.45) is 1.69. The number of halogens is 1. The van der Waals surface area contributed by atoms with Gasteiger partial charge in [-0.05, 0) is 5.92 Å². The molecule has 1 atom stereocenters. The average Bonchev–Trinajstić information content (AvgIpc) is 2.50. The van der Waals surface area contributed by atoms with E-state index < -0.39 is 5.97 Å². The van der Waals surface area contributed by atoms with Gasteiger partial charge >= 0.3 is 5.97 Å². The van der Waals surface area contributed by atoms with Crippen molar-refractivity contribution in [3.05, 3.63) is 15.5 Å². The topological polar surface area (TPSA) is 50.2 Å². The summed E-state index contributed by atoms with van der Waals surface area (Å²) in [6.45, 7) is 3.82. The zero-order valence-electron chi connectivity index (χ0n) is 8.44. The summed E-state index contributed by atoms with van der Waals surface area (Å²) in [4.78, 5) is 15.8. The minimum Gasteiger partial charge on any atom is -0.480 e. The monoisotopic (exact) mass is 265 g/mol. The number of aromatic nitrogens is 1. The molecule has 1 heterocycles. The molecule has 0 saturated carbocycles. The van der Waals surface area contributed by atoms with Gasteiger partial charge < -0.3 is 5.11 Å². The van der Waals surface area contributed by atoms with Crippen LogP contribution in [0.3, 0.4) is 0 Å². The van der Waals surface area contributed by atoms with E-state index in [1.807, 2.05) is 13.8 Å². The fourth-order valence-corrected chi connectivity index (χ4v) is 3.23. The number of thiazole rings is 1. The highest BCUT2D eigenvalue weighted by Gasteiger charge is 2.21. The molecule has 1 aromatic rings. The Kier molecular flexibility index (Phi) is 4.89. The van der Waals surface area contributed by atoms with E-state index >= 15 is 0 Å². The van der Waals surface area contributed by atoms with Gasteiger partial charge in [0.2, 0.25) is 0 Å². The van der Waals surface area contributed by atoms with E-state index in [4.69, 9.17) is 16.7 Å². The zero-order valence-corrected chi connectivity index (χ0v) is 10.8. The van der Waals surface area contributed by atoms with Crippen molar-refractivity contribution in [1.82, 2.24) is 4.98 Å². The molecule has 0 aliphatic carbocycles. The van der Waals surface area contributed by atoms with E-state index in [0.29, 0.717) is 10.2 Å². The van der Waals surface area contributed by atoms with Crippen LogP contribution in [0.1, 0.15) is 18.7 Å². The first-order valence-electron chi connectivity index (χ1n) is 4.45. The smallest absolute Gasteiger partial charge is 0.316 e. The molecule has 0 aliphatic rings. The summed E-state index contributed by atoms with van der Waals surface area (Å²) < 4.78 is 0.502. The number of hydrogen-bond donors (Lipinski definition) is 1. The maximum atomic E-state index is 10.9. The highest BCUT2D eigenvalue weighted by molar-refractivity contribution is 7.99. The molecule has 0 amide bonds. The molecule has 0 saturated heterocycles. The summed E-state index contributed by atoms with van der Waals surface area (Å²) in [5, 5.41) is 8.60. The summed E-state index contributed by atoms with van der Waals surface area (Å²) in [5.74, 6) is 0.0148. The largest absolute Gasteiger partial charge is 0.480 e. The Morgan fingerprint density at radius 2 is 2.40 bits per heavy atom. The highest BCUT2D eigenvalue weighted by atomic mass is 35.5. The molecule has 0 radical (unpaired) electrons. The molecule has 1 N–H and O–H groups in total. The van der Waals surface area contributed by atoms with E-state index in [-0.39, 0.29) is 11.2 Å². The number of rotatable bonds is 5. The third kappa shape index (κ3) is 4.01. The molecule has 0 fully saturated rings. The van der Waals surface area contributed by atoms with Crippen LogP contribution in [-0.4, -0.2) is 21.3 Å². The highest BCUT2D eigenvalue weighted by Crippen LogP contribution is 2.27. The Balaban J connectivity index is 2.50. The van der Waals surface area contributed by atoms with Crippen LogP contribution < -0.4 is 0 Å². The quantitative estimate of drug-likeness (QED) is 0.889. The number of aliphatic carboxylic acids is 1. The molecule has 0 aliphatic heterocycles. The van der Waals surface area contributed by atoms with E-state index in [9.17, 15) is 4.79 Å². The molecule has 6 heteroatoms. The van der Waals surface area contributed by atoms with Crippen molar-refractivity contribution in [3.8, 4) is 0 Å². The lowest BCUT2D eigenvalue weighted by Crippen LogP contribution is -2.22. The van der Waals surface area contributed by atoms with Crippen LogP contribution in [0.4, 0.5) is 0 Å². The Morgan fingerprint density at radius 1 is 1.73 bits per heavy atom. The first-order valence-corrected chi connectivity index (χ1v) is 6.69. The standard InChI is InChI=1S/C9H12ClNO2S2/c1-5(2)7(8(12)13)14-4-6-3-11-9(10)15-6/h3,5,7H,4H2,1-2H3,(H,12,13). The number of carboxylic acid groups (broad SMARTS) is 1. The van der Waals surface area contributed by atoms with E-state index in [2.05, 4.69) is 4.98 Å². The van der Waals surface area contributed by atoms with Crippen LogP contribution in [0, 0.1) is 5.92 Å². The second kappa shape index (κ2) is 5.72. The lowest BCUT2D eigenvalue weighted by Gasteiger charge is -2.14. The lowest BCUT2D eigenvalue weighted by atomic mass is 10.1. The Hall–Kier alpha value is -0.260. The molecule has 1 unspecified atom stereocenters. The van der Waals surface area contributed by atoms with Crippen LogP contribution in [0.15, 0.2) is 6.20 Å². The van der Waals surface area contributed by atoms with E-state index in [1.165, 1.54) is 23.1 Å². The Labute approximate surface area is 102 Å². The number of carbonyl (C=O) groups is 1. The minimum absolute atomic E-state index is 0.121. The third-order valence-electron chi connectivity index (χ3n) is 1.78. The van der Waals surface area contributed by atoms with Crippen molar-refractivity contribution in [2.75, 3.05) is 0 Å². The minimum atomic E-state index is -0.759. The van der Waals surface area contributed by atoms with Gasteiger partial charge in [0.1, 0.15) is 5.25 Å². The molecule has 1 aromatic heterocycles. The van der Waals surface area contributed by atoms with Crippen LogP contribution in [0.25, 0.3) is 0 Å². The molecule has 84 valence electrons. The van der Waals surface area contributed by atoms with Gasteiger partial charge in [0.25, 0.3) is 0 Å². The number of nitrogens with zero attached hydrogens (tertiary/aromatic N) is 1. The van der Waals surface area contributed by atoms with Gasteiger partial charge in [-0.2, -0.15) is 0 Å². The molecular weight excluding hydrogens is 254 g/mol. The molecule has 0 spiro atoms. The van der Waals surface area contributed by atoms with Gasteiger partial charge in [0, 0.05) is 16.8 Å². The Bertz CT molecular complexity index is 341. The van der Waals surface area contributed by atoms with Gasteiger partial charge in [-0.3, -0.25) is 4.79 Å². The normalized spacial score (nSPS) is 13.1. The maximum absolute atomic E-state index is 10.9. The summed E-state index contributed by atoms with van der Waals surface area (Å²) in [7, 11) is 0. The first-order chi connectivity index (χ1) is 7.00. The first kappa shape index (κ1) is 12.8. The fourth-order valence-electron chi connectivity index (χ4n) is 1.07. The van der Waals surface area contributed by atoms with Crippen LogP contribution in [0.2, 0.25) is 4.47 Å². The van der Waals surface area contributed by atoms with E-state index in [0.717, 1.165) is 4.88 Å². The zero-order chi connectivity index (χ0) is 11.4. The van der Waals surface area contributed by atoms with Crippen molar-refractivity contribution < 1.29 is 9.90 Å². The number of hydrogen-bond acceptors (Lipinski definition) is 4. The van der Waals surface area contributed by atoms with Gasteiger partial charge in [0.05, 0.1) is 0 Å². The van der Waals surface area contributed by atoms with Gasteiger partial charge in [0.15, 0.2) is 4.47 Å². The molecule has 0 aromatic carbocycles. The average molecular weight is 266 g/mol. The molecular formula is C9H12ClNO2S2. The van der Waals surface area contributed by atoms with E-state index in [1.54, 1.807) is 6.20 Å². The fraction of sp³-hybridized carbons (Fsp3) is 0.556. The van der Waals surface area contributed by atoms with Gasteiger partial charge in [-0.15, -0.1) is 23.1 Å². The maximum Gasteiger partial charge on any atom is 0.316 e. The summed E-state index contributed by atoms with van der Waals surface area (Å²) in [6, 6.07) is 0. The SMILES string of the molecule is CC(C)C(SCc1cnc(Cl)s1)C(=O)O. The van der Waals surface area contributed by atoms with Crippen molar-refractivity contribution in [1.29, 1.82) is 0 Å². The van der Waals surface area contributed by atoms with Crippen molar-refractivity contribution in [3.63, 3.8) is 0 Å². The Morgan fingerprint density at radius 3 is 2.80 bits per heavy atom. The number of carboxylic acids is 1. The van der Waals surface area contributed by atoms with Crippen molar-refractivity contribution in [2.45, 2.75) is 24.9 Å². The van der Waals surface area contributed by atoms with Crippen LogP contribution >= 0.6 is 34.7 Å². The lowest BCUT2D eigenvalue weighted by molar-refractivity contribution is -0.137. The number of thioether (sulfide) groups is 1. The molecule has 0 bridgehead atoms. The summed E-state index contributed by atoms with van der Waals surface area (Å²) in [5.41, 5.74) is 0. The molecule has 15 heavy (non-hydrogen) atoms. The second-order valence-electron chi connectivity index (χ2n) is 3.39. The van der Waals surface area contributed by atoms with Crippen LogP contribution in [-0.2, 0) is 10.5 Å². The second-order valence-corrected chi connectivity index (χ2v) is 6.22. The van der Waals surface area contributed by atoms with Crippen LogP contribution in [0.5, 0.6) is 0 Å². The van der Waals surface area contributed by atoms with Gasteiger partial charge in [-0.1, -0.05) is 25.4 Å². The summed E-state index contributed by atoms with van der Waals surface area (Å²) >= 11 is 8.49. The third-order valence-corrected chi connectivity index (χ3v) is 4.66. The predicted octanol–water partition coefficient (Wildman–Crippen LogP) is 3.14. The van der Waals surface area contributed by atoms with Crippen molar-refractivity contribution >= 4 is 40.7 Å². The van der Waals surface area contributed by atoms with Crippen molar-refractivity contribution in [2.24, 2.45) is 5.92 Å². The van der Waals surface area contributed by atoms with Gasteiger partial charge in [-0.25, -0.2) is 4.98 Å². The molecule has 1 rings (SSSR count). The predicted molar refractivity (Wildman–Crippen MR) is 64.7 cm³/mol. The molecule has 3 nitrogen and oxygen atoms in total.